The lowest BCUT2D eigenvalue weighted by Crippen LogP contribution is -2.41. The van der Waals surface area contributed by atoms with Crippen molar-refractivity contribution in [2.24, 2.45) is 11.7 Å². The van der Waals surface area contributed by atoms with Crippen LogP contribution in [0, 0.1) is 5.92 Å². The van der Waals surface area contributed by atoms with Gasteiger partial charge >= 0.3 is 0 Å². The molecule has 0 bridgehead atoms. The summed E-state index contributed by atoms with van der Waals surface area (Å²) in [4.78, 5) is 13.5. The van der Waals surface area contributed by atoms with Crippen molar-refractivity contribution in [2.45, 2.75) is 45.1 Å². The lowest BCUT2D eigenvalue weighted by molar-refractivity contribution is -0.131. The zero-order valence-electron chi connectivity index (χ0n) is 9.55. The highest BCUT2D eigenvalue weighted by atomic mass is 16.2. The standard InChI is InChI=1S/C11H22N2O/c1-11(2,12)7-10(14)13(3)8-9-5-4-6-9/h9H,4-8,12H2,1-3H3. The predicted molar refractivity (Wildman–Crippen MR) is 57.9 cm³/mol. The van der Waals surface area contributed by atoms with E-state index >= 15 is 0 Å². The average molecular weight is 198 g/mol. The molecule has 14 heavy (non-hydrogen) atoms. The van der Waals surface area contributed by atoms with Crippen LogP contribution >= 0.6 is 0 Å². The van der Waals surface area contributed by atoms with Crippen molar-refractivity contribution in [3.05, 3.63) is 0 Å². The van der Waals surface area contributed by atoms with E-state index in [0.29, 0.717) is 6.42 Å². The molecule has 0 spiro atoms. The van der Waals surface area contributed by atoms with Crippen molar-refractivity contribution >= 4 is 5.91 Å². The van der Waals surface area contributed by atoms with E-state index in [1.54, 1.807) is 0 Å². The van der Waals surface area contributed by atoms with Gasteiger partial charge in [0.25, 0.3) is 0 Å². The summed E-state index contributed by atoms with van der Waals surface area (Å²) in [6.45, 7) is 4.69. The van der Waals surface area contributed by atoms with Crippen LogP contribution in [0.3, 0.4) is 0 Å². The fourth-order valence-corrected chi connectivity index (χ4v) is 1.69. The molecule has 2 N–H and O–H groups in total. The van der Waals surface area contributed by atoms with E-state index in [-0.39, 0.29) is 11.4 Å². The maximum absolute atomic E-state index is 11.7. The Morgan fingerprint density at radius 2 is 2.07 bits per heavy atom. The second-order valence-electron chi connectivity index (χ2n) is 5.24. The Labute approximate surface area is 86.6 Å². The van der Waals surface area contributed by atoms with Gasteiger partial charge in [0.15, 0.2) is 0 Å². The van der Waals surface area contributed by atoms with Gasteiger partial charge in [0.05, 0.1) is 0 Å². The summed E-state index contributed by atoms with van der Waals surface area (Å²) >= 11 is 0. The number of nitrogens with zero attached hydrogens (tertiary/aromatic N) is 1. The van der Waals surface area contributed by atoms with Gasteiger partial charge in [-0.05, 0) is 32.6 Å². The number of rotatable bonds is 4. The molecule has 1 amide bonds. The first-order valence-electron chi connectivity index (χ1n) is 5.41. The molecule has 0 radical (unpaired) electrons. The molecule has 0 aromatic carbocycles. The van der Waals surface area contributed by atoms with Crippen LogP contribution in [0.4, 0.5) is 0 Å². The normalized spacial score (nSPS) is 17.7. The van der Waals surface area contributed by atoms with Gasteiger partial charge in [-0.1, -0.05) is 6.42 Å². The van der Waals surface area contributed by atoms with Crippen LogP contribution < -0.4 is 5.73 Å². The van der Waals surface area contributed by atoms with Gasteiger partial charge in [0.1, 0.15) is 0 Å². The molecule has 0 heterocycles. The topological polar surface area (TPSA) is 46.3 Å². The number of carbonyl (C=O) groups is 1. The zero-order valence-corrected chi connectivity index (χ0v) is 9.55. The first-order chi connectivity index (χ1) is 6.38. The Bertz CT molecular complexity index is 204. The van der Waals surface area contributed by atoms with Crippen LogP contribution in [0.2, 0.25) is 0 Å². The maximum Gasteiger partial charge on any atom is 0.224 e. The van der Waals surface area contributed by atoms with Crippen molar-refractivity contribution in [2.75, 3.05) is 13.6 Å². The number of amides is 1. The molecule has 1 saturated carbocycles. The van der Waals surface area contributed by atoms with E-state index in [4.69, 9.17) is 5.73 Å². The summed E-state index contributed by atoms with van der Waals surface area (Å²) in [6.07, 6.45) is 4.33. The molecule has 82 valence electrons. The summed E-state index contributed by atoms with van der Waals surface area (Å²) in [6, 6.07) is 0. The fourth-order valence-electron chi connectivity index (χ4n) is 1.69. The minimum atomic E-state index is -0.384. The van der Waals surface area contributed by atoms with Gasteiger partial charge < -0.3 is 10.6 Å². The van der Waals surface area contributed by atoms with Gasteiger partial charge in [-0.15, -0.1) is 0 Å². The van der Waals surface area contributed by atoms with Gasteiger partial charge in [-0.3, -0.25) is 4.79 Å². The Hall–Kier alpha value is -0.570. The molecule has 1 rings (SSSR count). The molecule has 0 aromatic rings. The second-order valence-corrected chi connectivity index (χ2v) is 5.24. The molecule has 1 aliphatic rings. The summed E-state index contributed by atoms with van der Waals surface area (Å²) in [7, 11) is 1.88. The monoisotopic (exact) mass is 198 g/mol. The van der Waals surface area contributed by atoms with Crippen molar-refractivity contribution in [3.8, 4) is 0 Å². The molecule has 0 unspecified atom stereocenters. The van der Waals surface area contributed by atoms with Gasteiger partial charge in [-0.2, -0.15) is 0 Å². The van der Waals surface area contributed by atoms with E-state index < -0.39 is 0 Å². The highest BCUT2D eigenvalue weighted by Crippen LogP contribution is 2.27. The first-order valence-corrected chi connectivity index (χ1v) is 5.41. The van der Waals surface area contributed by atoms with E-state index in [1.807, 2.05) is 25.8 Å². The molecule has 0 aliphatic heterocycles. The molecule has 1 aliphatic carbocycles. The van der Waals surface area contributed by atoms with Crippen LogP contribution in [0.5, 0.6) is 0 Å². The molecule has 3 heteroatoms. The molecule has 0 saturated heterocycles. The Kier molecular flexibility index (Phi) is 3.53. The van der Waals surface area contributed by atoms with Crippen LogP contribution in [-0.2, 0) is 4.79 Å². The molecule has 0 atom stereocenters. The highest BCUT2D eigenvalue weighted by molar-refractivity contribution is 5.77. The quantitative estimate of drug-likeness (QED) is 0.741. The van der Waals surface area contributed by atoms with Gasteiger partial charge in [0, 0.05) is 25.6 Å². The van der Waals surface area contributed by atoms with Crippen molar-refractivity contribution in [1.82, 2.24) is 4.90 Å². The second kappa shape index (κ2) is 4.30. The minimum Gasteiger partial charge on any atom is -0.345 e. The average Bonchev–Trinajstić information content (AvgIpc) is 1.92. The molecule has 3 nitrogen and oxygen atoms in total. The third-order valence-corrected chi connectivity index (χ3v) is 2.79. The van der Waals surface area contributed by atoms with Crippen LogP contribution in [-0.4, -0.2) is 29.9 Å². The van der Waals surface area contributed by atoms with Gasteiger partial charge in [0.2, 0.25) is 5.91 Å². The third kappa shape index (κ3) is 3.66. The number of nitrogens with two attached hydrogens (primary N) is 1. The van der Waals surface area contributed by atoms with Crippen LogP contribution in [0.15, 0.2) is 0 Å². The van der Waals surface area contributed by atoms with E-state index in [9.17, 15) is 4.79 Å². The first kappa shape index (κ1) is 11.5. The summed E-state index contributed by atoms with van der Waals surface area (Å²) in [5.74, 6) is 0.911. The van der Waals surface area contributed by atoms with E-state index in [2.05, 4.69) is 0 Å². The number of hydrogen-bond acceptors (Lipinski definition) is 2. The SMILES string of the molecule is CN(CC1CCC1)C(=O)CC(C)(C)N. The lowest BCUT2D eigenvalue weighted by Gasteiger charge is -2.31. The molecule has 1 fully saturated rings. The molecular weight excluding hydrogens is 176 g/mol. The lowest BCUT2D eigenvalue weighted by atomic mass is 9.85. The highest BCUT2D eigenvalue weighted by Gasteiger charge is 2.24. The molecular formula is C11H22N2O. The third-order valence-electron chi connectivity index (χ3n) is 2.79. The van der Waals surface area contributed by atoms with Crippen molar-refractivity contribution in [3.63, 3.8) is 0 Å². The number of hydrogen-bond donors (Lipinski definition) is 1. The summed E-state index contributed by atoms with van der Waals surface area (Å²) in [5.41, 5.74) is 5.42. The maximum atomic E-state index is 11.7. The Balaban J connectivity index is 2.28. The van der Waals surface area contributed by atoms with Crippen LogP contribution in [0.25, 0.3) is 0 Å². The van der Waals surface area contributed by atoms with Crippen LogP contribution in [0.1, 0.15) is 39.5 Å². The Morgan fingerprint density at radius 3 is 2.43 bits per heavy atom. The summed E-state index contributed by atoms with van der Waals surface area (Å²) < 4.78 is 0. The Morgan fingerprint density at radius 1 is 1.50 bits per heavy atom. The summed E-state index contributed by atoms with van der Waals surface area (Å²) in [5, 5.41) is 0. The van der Waals surface area contributed by atoms with Crippen molar-refractivity contribution in [1.29, 1.82) is 0 Å². The predicted octanol–water partition coefficient (Wildman–Crippen LogP) is 1.37. The van der Waals surface area contributed by atoms with E-state index in [1.165, 1.54) is 19.3 Å². The minimum absolute atomic E-state index is 0.171. The molecule has 0 aromatic heterocycles. The largest absolute Gasteiger partial charge is 0.345 e. The zero-order chi connectivity index (χ0) is 10.8. The smallest absolute Gasteiger partial charge is 0.224 e. The van der Waals surface area contributed by atoms with E-state index in [0.717, 1.165) is 12.5 Å². The fraction of sp³-hybridized carbons (Fsp3) is 0.909. The van der Waals surface area contributed by atoms with Gasteiger partial charge in [-0.25, -0.2) is 0 Å². The van der Waals surface area contributed by atoms with Crippen molar-refractivity contribution < 1.29 is 4.79 Å². The number of carbonyl (C=O) groups excluding carboxylic acids is 1.